The largest absolute Gasteiger partial charge is 0.444 e. The Morgan fingerprint density at radius 1 is 0.931 bits per heavy atom. The van der Waals surface area contributed by atoms with Crippen molar-refractivity contribution in [2.24, 2.45) is 16.7 Å². The van der Waals surface area contributed by atoms with Gasteiger partial charge in [0.2, 0.25) is 0 Å². The summed E-state index contributed by atoms with van der Waals surface area (Å²) in [6, 6.07) is 0. The molecule has 0 aromatic rings. The first-order chi connectivity index (χ1) is 13.5. The first-order valence-corrected chi connectivity index (χ1v) is 12.1. The molecule has 4 saturated carbocycles. The van der Waals surface area contributed by atoms with Crippen molar-refractivity contribution in [1.29, 1.82) is 0 Å². The molecular weight excluding hydrogens is 362 g/mol. The van der Waals surface area contributed by atoms with Crippen LogP contribution in [-0.4, -0.2) is 40.4 Å². The van der Waals surface area contributed by atoms with Gasteiger partial charge in [0.05, 0.1) is 0 Å². The second-order valence-corrected chi connectivity index (χ2v) is 12.3. The molecule has 0 radical (unpaired) electrons. The number of hydrogen-bond donors (Lipinski definition) is 1. The highest BCUT2D eigenvalue weighted by atomic mass is 16.6. The Morgan fingerprint density at radius 3 is 2.00 bits per heavy atom. The number of hydrogen-bond acceptors (Lipinski definition) is 3. The van der Waals surface area contributed by atoms with E-state index in [1.165, 1.54) is 38.5 Å². The minimum absolute atomic E-state index is 0.00212. The maximum atomic E-state index is 13.4. The van der Waals surface area contributed by atoms with Gasteiger partial charge in [-0.3, -0.25) is 0 Å². The molecule has 4 rings (SSSR count). The number of rotatable bonds is 9. The number of nitrogens with zero attached hydrogens (tertiary/aromatic N) is 1. The standard InChI is InChI=1S/C25H45NO3/c1-22(2,3)29-21(28)26(12-10-8-6-7-9-11-13-27)25-16-20-14-23(4,18-25)17-24(5,15-20)19-25/h20,27H,6-19H2,1-5H3/t20?,23-,24+,25?. The molecule has 4 aliphatic carbocycles. The van der Waals surface area contributed by atoms with Crippen molar-refractivity contribution in [2.45, 2.75) is 123 Å². The van der Waals surface area contributed by atoms with Gasteiger partial charge < -0.3 is 14.7 Å². The molecule has 1 amide bonds. The molecule has 168 valence electrons. The smallest absolute Gasteiger partial charge is 0.410 e. The summed E-state index contributed by atoms with van der Waals surface area (Å²) in [7, 11) is 0. The van der Waals surface area contributed by atoms with Crippen LogP contribution in [0.15, 0.2) is 0 Å². The zero-order valence-electron chi connectivity index (χ0n) is 19.7. The maximum Gasteiger partial charge on any atom is 0.410 e. The van der Waals surface area contributed by atoms with E-state index in [2.05, 4.69) is 18.7 Å². The SMILES string of the molecule is CC(C)(C)OC(=O)N(CCCCCCCCO)C12CC3C[C@@](C)(C1)C[C@](C)(C3)C2. The van der Waals surface area contributed by atoms with Crippen LogP contribution in [0, 0.1) is 16.7 Å². The minimum Gasteiger partial charge on any atom is -0.444 e. The van der Waals surface area contributed by atoms with Crippen LogP contribution in [0.2, 0.25) is 0 Å². The van der Waals surface area contributed by atoms with E-state index in [9.17, 15) is 4.79 Å². The van der Waals surface area contributed by atoms with Gasteiger partial charge >= 0.3 is 6.09 Å². The third kappa shape index (κ3) is 5.48. The van der Waals surface area contributed by atoms with Gasteiger partial charge in [-0.15, -0.1) is 0 Å². The molecule has 4 nitrogen and oxygen atoms in total. The molecule has 29 heavy (non-hydrogen) atoms. The van der Waals surface area contributed by atoms with Crippen LogP contribution in [0.25, 0.3) is 0 Å². The Hall–Kier alpha value is -0.770. The van der Waals surface area contributed by atoms with Crippen LogP contribution in [0.1, 0.15) is 112 Å². The summed E-state index contributed by atoms with van der Waals surface area (Å²) in [5.74, 6) is 0.768. The fourth-order valence-electron chi connectivity index (χ4n) is 7.62. The summed E-state index contributed by atoms with van der Waals surface area (Å²) in [6.45, 7) is 12.0. The molecule has 0 aromatic carbocycles. The van der Waals surface area contributed by atoms with E-state index in [1.807, 2.05) is 20.8 Å². The van der Waals surface area contributed by atoms with Crippen LogP contribution in [0.4, 0.5) is 4.79 Å². The van der Waals surface area contributed by atoms with Gasteiger partial charge in [-0.2, -0.15) is 0 Å². The zero-order valence-corrected chi connectivity index (χ0v) is 19.7. The van der Waals surface area contributed by atoms with E-state index in [4.69, 9.17) is 9.84 Å². The van der Waals surface area contributed by atoms with Gasteiger partial charge in [0.15, 0.2) is 0 Å². The molecule has 0 aliphatic heterocycles. The lowest BCUT2D eigenvalue weighted by atomic mass is 9.42. The molecule has 0 saturated heterocycles. The quantitative estimate of drug-likeness (QED) is 0.456. The predicted molar refractivity (Wildman–Crippen MR) is 118 cm³/mol. The van der Waals surface area contributed by atoms with Gasteiger partial charge in [-0.1, -0.05) is 39.5 Å². The predicted octanol–water partition coefficient (Wildman–Crippen LogP) is 6.31. The molecule has 4 aliphatic rings. The first-order valence-electron chi connectivity index (χ1n) is 12.1. The number of unbranched alkanes of at least 4 members (excludes halogenated alkanes) is 5. The summed E-state index contributed by atoms with van der Waals surface area (Å²) >= 11 is 0. The van der Waals surface area contributed by atoms with Crippen LogP contribution in [0.5, 0.6) is 0 Å². The minimum atomic E-state index is -0.449. The molecule has 0 aromatic heterocycles. The van der Waals surface area contributed by atoms with E-state index in [-0.39, 0.29) is 11.6 Å². The Morgan fingerprint density at radius 2 is 1.48 bits per heavy atom. The number of carbonyl (C=O) groups is 1. The fraction of sp³-hybridized carbons (Fsp3) is 0.960. The third-order valence-electron chi connectivity index (χ3n) is 7.57. The lowest BCUT2D eigenvalue weighted by molar-refractivity contribution is -0.157. The Labute approximate surface area is 178 Å². The normalized spacial score (nSPS) is 35.7. The summed E-state index contributed by atoms with van der Waals surface area (Å²) < 4.78 is 5.92. The molecule has 1 N–H and O–H groups in total. The average Bonchev–Trinajstić information content (AvgIpc) is 2.52. The summed E-state index contributed by atoms with van der Waals surface area (Å²) in [4.78, 5) is 15.6. The van der Waals surface area contributed by atoms with Crippen LogP contribution in [-0.2, 0) is 4.74 Å². The van der Waals surface area contributed by atoms with Crippen molar-refractivity contribution < 1.29 is 14.6 Å². The van der Waals surface area contributed by atoms with Crippen molar-refractivity contribution in [2.75, 3.05) is 13.2 Å². The lowest BCUT2D eigenvalue weighted by Gasteiger charge is -2.67. The van der Waals surface area contributed by atoms with Gasteiger partial charge in [-0.05, 0) is 88.9 Å². The second-order valence-electron chi connectivity index (χ2n) is 12.3. The highest BCUT2D eigenvalue weighted by Crippen LogP contribution is 2.67. The summed E-state index contributed by atoms with van der Waals surface area (Å²) in [6.07, 6.45) is 14.0. The van der Waals surface area contributed by atoms with E-state index < -0.39 is 5.60 Å². The summed E-state index contributed by atoms with van der Waals surface area (Å²) in [5.41, 5.74) is 0.329. The summed E-state index contributed by atoms with van der Waals surface area (Å²) in [5, 5.41) is 8.93. The molecule has 0 spiro atoms. The van der Waals surface area contributed by atoms with Crippen LogP contribution >= 0.6 is 0 Å². The first kappa shape index (κ1) is 22.9. The maximum absolute atomic E-state index is 13.4. The molecular formula is C25H45NO3. The van der Waals surface area contributed by atoms with Crippen LogP contribution < -0.4 is 0 Å². The van der Waals surface area contributed by atoms with Gasteiger partial charge in [-0.25, -0.2) is 4.79 Å². The highest BCUT2D eigenvalue weighted by Gasteiger charge is 2.62. The number of ether oxygens (including phenoxy) is 1. The second kappa shape index (κ2) is 8.40. The van der Waals surface area contributed by atoms with E-state index in [1.54, 1.807) is 0 Å². The molecule has 4 heteroatoms. The number of aliphatic hydroxyl groups excluding tert-OH is 1. The Kier molecular flexibility index (Phi) is 6.63. The van der Waals surface area contributed by atoms with Gasteiger partial charge in [0.25, 0.3) is 0 Å². The van der Waals surface area contributed by atoms with E-state index >= 15 is 0 Å². The van der Waals surface area contributed by atoms with Gasteiger partial charge in [0.1, 0.15) is 5.60 Å². The molecule has 4 bridgehead atoms. The van der Waals surface area contributed by atoms with E-state index in [0.29, 0.717) is 17.4 Å². The topological polar surface area (TPSA) is 49.8 Å². The van der Waals surface area contributed by atoms with Crippen molar-refractivity contribution in [3.8, 4) is 0 Å². The number of amides is 1. The highest BCUT2D eigenvalue weighted by molar-refractivity contribution is 5.69. The van der Waals surface area contributed by atoms with Crippen LogP contribution in [0.3, 0.4) is 0 Å². The molecule has 0 heterocycles. The van der Waals surface area contributed by atoms with Crippen molar-refractivity contribution >= 4 is 6.09 Å². The van der Waals surface area contributed by atoms with Crippen molar-refractivity contribution in [3.63, 3.8) is 0 Å². The Balaban J connectivity index is 1.70. The molecule has 2 unspecified atom stereocenters. The molecule has 4 atom stereocenters. The average molecular weight is 408 g/mol. The fourth-order valence-corrected chi connectivity index (χ4v) is 7.62. The lowest BCUT2D eigenvalue weighted by Crippen LogP contribution is -2.66. The number of aliphatic hydroxyl groups is 1. The van der Waals surface area contributed by atoms with E-state index in [0.717, 1.165) is 51.0 Å². The Bertz CT molecular complexity index is 563. The van der Waals surface area contributed by atoms with Gasteiger partial charge in [0, 0.05) is 18.7 Å². The molecule has 4 fully saturated rings. The zero-order chi connectivity index (χ0) is 21.3. The van der Waals surface area contributed by atoms with Crippen molar-refractivity contribution in [1.82, 2.24) is 4.90 Å². The van der Waals surface area contributed by atoms with Crippen molar-refractivity contribution in [3.05, 3.63) is 0 Å². The monoisotopic (exact) mass is 407 g/mol. The number of carbonyl (C=O) groups excluding carboxylic acids is 1. The third-order valence-corrected chi connectivity index (χ3v) is 7.57.